The summed E-state index contributed by atoms with van der Waals surface area (Å²) in [6.07, 6.45) is 2.89. The maximum absolute atomic E-state index is 8.75. The topological polar surface area (TPSA) is 39.9 Å². The van der Waals surface area contributed by atoms with Crippen molar-refractivity contribution < 1.29 is 0 Å². The van der Waals surface area contributed by atoms with Crippen molar-refractivity contribution in [3.05, 3.63) is 11.1 Å². The first-order valence-electron chi connectivity index (χ1n) is 5.31. The van der Waals surface area contributed by atoms with Gasteiger partial charge in [0.2, 0.25) is 0 Å². The van der Waals surface area contributed by atoms with Crippen molar-refractivity contribution in [2.24, 2.45) is 11.8 Å². The first kappa shape index (κ1) is 10.4. The van der Waals surface area contributed by atoms with E-state index in [-0.39, 0.29) is 0 Å². The molecule has 0 aromatic carbocycles. The van der Waals surface area contributed by atoms with E-state index < -0.39 is 0 Å². The molecule has 3 nitrogen and oxygen atoms in total. The Labute approximate surface area is 94.4 Å². The van der Waals surface area contributed by atoms with Gasteiger partial charge in [-0.1, -0.05) is 25.2 Å². The molecule has 1 fully saturated rings. The molecule has 0 unspecified atom stereocenters. The van der Waals surface area contributed by atoms with E-state index in [1.165, 1.54) is 17.8 Å². The predicted molar refractivity (Wildman–Crippen MR) is 62.0 cm³/mol. The largest absolute Gasteiger partial charge is 0.348 e. The fourth-order valence-corrected chi connectivity index (χ4v) is 2.65. The molecule has 0 aliphatic carbocycles. The third kappa shape index (κ3) is 2.13. The van der Waals surface area contributed by atoms with Crippen LogP contribution in [0.15, 0.2) is 6.20 Å². The summed E-state index contributed by atoms with van der Waals surface area (Å²) >= 11 is 1.50. The third-order valence-corrected chi connectivity index (χ3v) is 4.17. The minimum atomic E-state index is 0.705. The maximum Gasteiger partial charge on any atom is 0.186 e. The van der Waals surface area contributed by atoms with E-state index >= 15 is 0 Å². The molecular formula is C11H15N3S. The lowest BCUT2D eigenvalue weighted by molar-refractivity contribution is 0.324. The Morgan fingerprint density at radius 1 is 1.53 bits per heavy atom. The second kappa shape index (κ2) is 4.19. The van der Waals surface area contributed by atoms with Gasteiger partial charge in [-0.25, -0.2) is 4.98 Å². The third-order valence-electron chi connectivity index (χ3n) is 3.21. The van der Waals surface area contributed by atoms with Gasteiger partial charge >= 0.3 is 0 Å². The first-order chi connectivity index (χ1) is 7.20. The minimum absolute atomic E-state index is 0.705. The monoisotopic (exact) mass is 221 g/mol. The SMILES string of the molecule is C[C@@H]1CCN(c2ncc(C#N)s2)C[C@@H]1C. The average Bonchev–Trinajstić information content (AvgIpc) is 2.70. The highest BCUT2D eigenvalue weighted by Gasteiger charge is 2.24. The van der Waals surface area contributed by atoms with Crippen molar-refractivity contribution in [1.82, 2.24) is 4.98 Å². The Hall–Kier alpha value is -1.08. The molecule has 80 valence electrons. The molecule has 2 rings (SSSR count). The van der Waals surface area contributed by atoms with E-state index in [9.17, 15) is 0 Å². The highest BCUT2D eigenvalue weighted by molar-refractivity contribution is 7.16. The lowest BCUT2D eigenvalue weighted by Crippen LogP contribution is -2.38. The molecule has 15 heavy (non-hydrogen) atoms. The zero-order valence-electron chi connectivity index (χ0n) is 9.10. The molecule has 1 aliphatic heterocycles. The van der Waals surface area contributed by atoms with Crippen LogP contribution in [0.5, 0.6) is 0 Å². The molecule has 1 aliphatic rings. The van der Waals surface area contributed by atoms with E-state index in [4.69, 9.17) is 5.26 Å². The fraction of sp³-hybridized carbons (Fsp3) is 0.636. The van der Waals surface area contributed by atoms with Crippen LogP contribution in [-0.4, -0.2) is 18.1 Å². The molecule has 0 spiro atoms. The molecule has 0 bridgehead atoms. The summed E-state index contributed by atoms with van der Waals surface area (Å²) < 4.78 is 0. The van der Waals surface area contributed by atoms with Crippen LogP contribution in [0.4, 0.5) is 5.13 Å². The summed E-state index contributed by atoms with van der Waals surface area (Å²) in [4.78, 5) is 7.30. The van der Waals surface area contributed by atoms with Crippen molar-refractivity contribution >= 4 is 16.5 Å². The number of hydrogen-bond acceptors (Lipinski definition) is 4. The summed E-state index contributed by atoms with van der Waals surface area (Å²) in [5, 5.41) is 9.75. The Balaban J connectivity index is 2.09. The molecule has 0 N–H and O–H groups in total. The Morgan fingerprint density at radius 2 is 2.33 bits per heavy atom. The van der Waals surface area contributed by atoms with Crippen molar-refractivity contribution in [1.29, 1.82) is 5.26 Å². The van der Waals surface area contributed by atoms with Gasteiger partial charge in [0.05, 0.1) is 6.20 Å². The van der Waals surface area contributed by atoms with Crippen LogP contribution >= 0.6 is 11.3 Å². The smallest absolute Gasteiger partial charge is 0.186 e. The van der Waals surface area contributed by atoms with Crippen LogP contribution in [0, 0.1) is 23.2 Å². The van der Waals surface area contributed by atoms with E-state index in [0.29, 0.717) is 10.8 Å². The number of anilines is 1. The van der Waals surface area contributed by atoms with E-state index in [2.05, 4.69) is 29.8 Å². The molecule has 2 atom stereocenters. The van der Waals surface area contributed by atoms with Gasteiger partial charge in [0, 0.05) is 13.1 Å². The molecule has 1 saturated heterocycles. The number of rotatable bonds is 1. The Bertz CT molecular complexity index is 379. The summed E-state index contributed by atoms with van der Waals surface area (Å²) in [5.41, 5.74) is 0. The quantitative estimate of drug-likeness (QED) is 0.731. The Morgan fingerprint density at radius 3 is 2.93 bits per heavy atom. The lowest BCUT2D eigenvalue weighted by atomic mass is 9.89. The zero-order chi connectivity index (χ0) is 10.8. The normalized spacial score (nSPS) is 26.3. The van der Waals surface area contributed by atoms with E-state index in [0.717, 1.165) is 24.1 Å². The molecule has 4 heteroatoms. The second-order valence-electron chi connectivity index (χ2n) is 4.31. The molecule has 2 heterocycles. The van der Waals surface area contributed by atoms with Crippen LogP contribution in [0.1, 0.15) is 25.1 Å². The van der Waals surface area contributed by atoms with Crippen molar-refractivity contribution in [3.63, 3.8) is 0 Å². The highest BCUT2D eigenvalue weighted by atomic mass is 32.1. The van der Waals surface area contributed by atoms with E-state index in [1.54, 1.807) is 6.20 Å². The van der Waals surface area contributed by atoms with Gasteiger partial charge in [-0.3, -0.25) is 0 Å². The van der Waals surface area contributed by atoms with Crippen LogP contribution in [0.25, 0.3) is 0 Å². The summed E-state index contributed by atoms with van der Waals surface area (Å²) in [5.74, 6) is 1.52. The van der Waals surface area contributed by atoms with Crippen LogP contribution in [-0.2, 0) is 0 Å². The number of nitriles is 1. The number of hydrogen-bond donors (Lipinski definition) is 0. The van der Waals surface area contributed by atoms with Crippen LogP contribution in [0.3, 0.4) is 0 Å². The lowest BCUT2D eigenvalue weighted by Gasteiger charge is -2.35. The average molecular weight is 221 g/mol. The number of thiazole rings is 1. The number of piperidine rings is 1. The molecule has 0 radical (unpaired) electrons. The van der Waals surface area contributed by atoms with Crippen molar-refractivity contribution in [2.45, 2.75) is 20.3 Å². The van der Waals surface area contributed by atoms with Gasteiger partial charge in [-0.05, 0) is 18.3 Å². The summed E-state index contributed by atoms with van der Waals surface area (Å²) in [6, 6.07) is 2.14. The highest BCUT2D eigenvalue weighted by Crippen LogP contribution is 2.29. The standard InChI is InChI=1S/C11H15N3S/c1-8-3-4-14(7-9(8)2)11-13-6-10(5-12)15-11/h6,8-9H,3-4,7H2,1-2H3/t8-,9+/m1/s1. The second-order valence-corrected chi connectivity index (χ2v) is 5.32. The molecule has 0 saturated carbocycles. The first-order valence-corrected chi connectivity index (χ1v) is 6.13. The number of aromatic nitrogens is 1. The van der Waals surface area contributed by atoms with Crippen molar-refractivity contribution in [2.75, 3.05) is 18.0 Å². The predicted octanol–water partition coefficient (Wildman–Crippen LogP) is 2.50. The van der Waals surface area contributed by atoms with Gasteiger partial charge in [-0.15, -0.1) is 0 Å². The molecule has 1 aromatic heterocycles. The van der Waals surface area contributed by atoms with Gasteiger partial charge in [0.1, 0.15) is 10.9 Å². The Kier molecular flexibility index (Phi) is 2.92. The maximum atomic E-state index is 8.75. The minimum Gasteiger partial charge on any atom is -0.348 e. The van der Waals surface area contributed by atoms with E-state index in [1.807, 2.05) is 0 Å². The molecule has 0 amide bonds. The van der Waals surface area contributed by atoms with Gasteiger partial charge < -0.3 is 4.90 Å². The van der Waals surface area contributed by atoms with Gasteiger partial charge in [-0.2, -0.15) is 5.26 Å². The van der Waals surface area contributed by atoms with Gasteiger partial charge in [0.15, 0.2) is 5.13 Å². The van der Waals surface area contributed by atoms with Gasteiger partial charge in [0.25, 0.3) is 0 Å². The van der Waals surface area contributed by atoms with Crippen LogP contribution in [0.2, 0.25) is 0 Å². The summed E-state index contributed by atoms with van der Waals surface area (Å²) in [6.45, 7) is 6.74. The molecular weight excluding hydrogens is 206 g/mol. The van der Waals surface area contributed by atoms with Crippen molar-refractivity contribution in [3.8, 4) is 6.07 Å². The molecule has 1 aromatic rings. The zero-order valence-corrected chi connectivity index (χ0v) is 9.92. The fourth-order valence-electron chi connectivity index (χ4n) is 1.90. The number of nitrogens with zero attached hydrogens (tertiary/aromatic N) is 3. The van der Waals surface area contributed by atoms with Crippen LogP contribution < -0.4 is 4.90 Å². The summed E-state index contributed by atoms with van der Waals surface area (Å²) in [7, 11) is 0.